The van der Waals surface area contributed by atoms with E-state index < -0.39 is 0 Å². The second-order valence-corrected chi connectivity index (χ2v) is 5.50. The van der Waals surface area contributed by atoms with Crippen LogP contribution in [-0.4, -0.2) is 52.6 Å². The van der Waals surface area contributed by atoms with Gasteiger partial charge < -0.3 is 15.0 Å². The number of nitrogens with zero attached hydrogens (tertiary/aromatic N) is 3. The third-order valence-corrected chi connectivity index (χ3v) is 3.95. The first kappa shape index (κ1) is 14.8. The van der Waals surface area contributed by atoms with Gasteiger partial charge in [-0.3, -0.25) is 4.68 Å². The van der Waals surface area contributed by atoms with Crippen molar-refractivity contribution in [2.75, 3.05) is 26.2 Å². The molecule has 20 heavy (non-hydrogen) atoms. The predicted octanol–water partition coefficient (Wildman–Crippen LogP) is 1.17. The number of urea groups is 1. The van der Waals surface area contributed by atoms with Crippen LogP contribution in [0.15, 0.2) is 12.3 Å². The lowest BCUT2D eigenvalue weighted by Crippen LogP contribution is -2.54. The van der Waals surface area contributed by atoms with Crippen molar-refractivity contribution in [2.24, 2.45) is 7.05 Å². The first-order valence-electron chi connectivity index (χ1n) is 7.18. The van der Waals surface area contributed by atoms with Crippen molar-refractivity contribution < 1.29 is 9.53 Å². The number of nitrogens with one attached hydrogen (secondary N) is 1. The van der Waals surface area contributed by atoms with Gasteiger partial charge in [0.25, 0.3) is 0 Å². The third-order valence-electron chi connectivity index (χ3n) is 3.95. The molecular formula is C14H24N4O2. The number of morpholine rings is 1. The van der Waals surface area contributed by atoms with Crippen LogP contribution in [0.25, 0.3) is 0 Å². The first-order valence-corrected chi connectivity index (χ1v) is 7.18. The summed E-state index contributed by atoms with van der Waals surface area (Å²) in [5.74, 6) is 0. The maximum absolute atomic E-state index is 12.2. The van der Waals surface area contributed by atoms with Crippen LogP contribution < -0.4 is 5.32 Å². The second kappa shape index (κ2) is 6.26. The molecule has 1 fully saturated rings. The quantitative estimate of drug-likeness (QED) is 0.901. The highest BCUT2D eigenvalue weighted by atomic mass is 16.5. The summed E-state index contributed by atoms with van der Waals surface area (Å²) in [6.07, 6.45) is 3.47. The fraction of sp³-hybridized carbons (Fsp3) is 0.714. The Labute approximate surface area is 120 Å². The summed E-state index contributed by atoms with van der Waals surface area (Å²) in [5.41, 5.74) is 0.906. The molecule has 0 radical (unpaired) electrons. The van der Waals surface area contributed by atoms with E-state index in [9.17, 15) is 4.79 Å². The molecule has 1 aromatic rings. The van der Waals surface area contributed by atoms with Crippen LogP contribution in [0.3, 0.4) is 0 Å². The van der Waals surface area contributed by atoms with Gasteiger partial charge >= 0.3 is 6.03 Å². The summed E-state index contributed by atoms with van der Waals surface area (Å²) < 4.78 is 7.57. The largest absolute Gasteiger partial charge is 0.372 e. The number of hydrogen-bond acceptors (Lipinski definition) is 3. The van der Waals surface area contributed by atoms with E-state index in [1.807, 2.05) is 22.7 Å². The molecule has 2 amide bonds. The lowest BCUT2D eigenvalue weighted by molar-refractivity contribution is -0.0872. The highest BCUT2D eigenvalue weighted by Gasteiger charge is 2.32. The monoisotopic (exact) mass is 280 g/mol. The van der Waals surface area contributed by atoms with E-state index in [-0.39, 0.29) is 11.6 Å². The zero-order valence-electron chi connectivity index (χ0n) is 12.6. The van der Waals surface area contributed by atoms with Crippen molar-refractivity contribution in [3.63, 3.8) is 0 Å². The molecule has 112 valence electrons. The van der Waals surface area contributed by atoms with Gasteiger partial charge in [0.2, 0.25) is 0 Å². The van der Waals surface area contributed by atoms with Gasteiger partial charge in [-0.1, -0.05) is 6.92 Å². The molecule has 0 aliphatic carbocycles. The summed E-state index contributed by atoms with van der Waals surface area (Å²) in [7, 11) is 1.91. The first-order chi connectivity index (χ1) is 9.54. The Kier molecular flexibility index (Phi) is 4.65. The number of carbonyl (C=O) groups is 1. The Morgan fingerprint density at radius 1 is 1.60 bits per heavy atom. The number of ether oxygens (including phenoxy) is 1. The van der Waals surface area contributed by atoms with Gasteiger partial charge in [-0.2, -0.15) is 5.10 Å². The Bertz CT molecular complexity index is 460. The summed E-state index contributed by atoms with van der Waals surface area (Å²) in [6, 6.07) is 1.96. The predicted molar refractivity (Wildman–Crippen MR) is 76.5 cm³/mol. The molecule has 2 heterocycles. The fourth-order valence-electron chi connectivity index (χ4n) is 2.37. The van der Waals surface area contributed by atoms with Crippen molar-refractivity contribution in [2.45, 2.75) is 32.3 Å². The van der Waals surface area contributed by atoms with Gasteiger partial charge in [0.1, 0.15) is 0 Å². The normalized spacial score (nSPS) is 22.9. The minimum Gasteiger partial charge on any atom is -0.372 e. The van der Waals surface area contributed by atoms with Crippen molar-refractivity contribution in [1.29, 1.82) is 0 Å². The number of amides is 2. The van der Waals surface area contributed by atoms with Gasteiger partial charge in [0.15, 0.2) is 0 Å². The molecule has 1 aromatic heterocycles. The Morgan fingerprint density at radius 3 is 3.05 bits per heavy atom. The van der Waals surface area contributed by atoms with E-state index in [1.165, 1.54) is 0 Å². The van der Waals surface area contributed by atoms with Crippen LogP contribution in [0.2, 0.25) is 0 Å². The molecule has 1 aliphatic rings. The summed E-state index contributed by atoms with van der Waals surface area (Å²) in [4.78, 5) is 14.0. The minimum atomic E-state index is -0.211. The average molecular weight is 280 g/mol. The van der Waals surface area contributed by atoms with Gasteiger partial charge in [-0.25, -0.2) is 4.79 Å². The van der Waals surface area contributed by atoms with Gasteiger partial charge in [-0.15, -0.1) is 0 Å². The lowest BCUT2D eigenvalue weighted by atomic mass is 10.0. The summed E-state index contributed by atoms with van der Waals surface area (Å²) in [6.45, 7) is 6.69. The number of carbonyl (C=O) groups excluding carboxylic acids is 1. The van der Waals surface area contributed by atoms with E-state index in [2.05, 4.69) is 24.3 Å². The van der Waals surface area contributed by atoms with Crippen molar-refractivity contribution in [1.82, 2.24) is 20.0 Å². The second-order valence-electron chi connectivity index (χ2n) is 5.50. The topological polar surface area (TPSA) is 59.4 Å². The van der Waals surface area contributed by atoms with Crippen LogP contribution in [0.4, 0.5) is 4.79 Å². The molecule has 0 saturated carbocycles. The van der Waals surface area contributed by atoms with Gasteiger partial charge in [0.05, 0.1) is 18.8 Å². The maximum Gasteiger partial charge on any atom is 0.317 e. The highest BCUT2D eigenvalue weighted by molar-refractivity contribution is 5.74. The van der Waals surface area contributed by atoms with Crippen LogP contribution >= 0.6 is 0 Å². The van der Waals surface area contributed by atoms with E-state index in [1.54, 1.807) is 6.20 Å². The molecule has 0 spiro atoms. The maximum atomic E-state index is 12.2. The Morgan fingerprint density at radius 2 is 2.40 bits per heavy atom. The zero-order chi connectivity index (χ0) is 14.6. The number of rotatable bonds is 4. The average Bonchev–Trinajstić information content (AvgIpc) is 2.84. The summed E-state index contributed by atoms with van der Waals surface area (Å²) in [5, 5.41) is 7.08. The van der Waals surface area contributed by atoms with Crippen molar-refractivity contribution in [3.8, 4) is 0 Å². The molecule has 1 aliphatic heterocycles. The van der Waals surface area contributed by atoms with Crippen molar-refractivity contribution in [3.05, 3.63) is 18.0 Å². The Balaban J connectivity index is 1.78. The van der Waals surface area contributed by atoms with E-state index in [0.717, 1.165) is 18.5 Å². The fourth-order valence-corrected chi connectivity index (χ4v) is 2.37. The standard InChI is InChI=1S/C14H24N4O2/c1-4-14(2)11-18(9-10-20-14)13(19)15-7-5-12-6-8-16-17(12)3/h6,8H,4-5,7,9-11H2,1-3H3,(H,15,19)/t14-/m0/s1. The zero-order valence-corrected chi connectivity index (χ0v) is 12.6. The van der Waals surface area contributed by atoms with E-state index >= 15 is 0 Å². The molecular weight excluding hydrogens is 256 g/mol. The molecule has 2 rings (SSSR count). The summed E-state index contributed by atoms with van der Waals surface area (Å²) >= 11 is 0. The molecule has 1 atom stereocenters. The Hall–Kier alpha value is -1.56. The number of aromatic nitrogens is 2. The van der Waals surface area contributed by atoms with Crippen LogP contribution in [0.1, 0.15) is 26.0 Å². The molecule has 0 aromatic carbocycles. The highest BCUT2D eigenvalue weighted by Crippen LogP contribution is 2.20. The van der Waals surface area contributed by atoms with E-state index in [4.69, 9.17) is 4.74 Å². The molecule has 6 heteroatoms. The smallest absolute Gasteiger partial charge is 0.317 e. The van der Waals surface area contributed by atoms with Crippen LogP contribution in [0, 0.1) is 0 Å². The molecule has 6 nitrogen and oxygen atoms in total. The molecule has 1 N–H and O–H groups in total. The van der Waals surface area contributed by atoms with Gasteiger partial charge in [0, 0.05) is 38.4 Å². The van der Waals surface area contributed by atoms with Crippen LogP contribution in [0.5, 0.6) is 0 Å². The number of hydrogen-bond donors (Lipinski definition) is 1. The van der Waals surface area contributed by atoms with Crippen LogP contribution in [-0.2, 0) is 18.2 Å². The van der Waals surface area contributed by atoms with E-state index in [0.29, 0.717) is 26.2 Å². The van der Waals surface area contributed by atoms with Crippen molar-refractivity contribution >= 4 is 6.03 Å². The number of aryl methyl sites for hydroxylation is 1. The van der Waals surface area contributed by atoms with Gasteiger partial charge in [-0.05, 0) is 19.4 Å². The third kappa shape index (κ3) is 3.50. The SMILES string of the molecule is CC[C@@]1(C)CN(C(=O)NCCc2ccnn2C)CCO1. The minimum absolute atomic E-state index is 0.00450. The molecule has 0 bridgehead atoms. The molecule has 0 unspecified atom stereocenters. The molecule has 1 saturated heterocycles. The lowest BCUT2D eigenvalue weighted by Gasteiger charge is -2.39.